The summed E-state index contributed by atoms with van der Waals surface area (Å²) < 4.78 is 27.5. The number of methoxy groups -OCH3 is 1. The van der Waals surface area contributed by atoms with E-state index in [1.807, 2.05) is 0 Å². The SMILES string of the molecule is COc1cc(-c2oc3cc(O)cc(O)c3c(=O)c2O[C@@H]2O[C@H](COC(=O)/C=C/c3ccc(O)cc3)[C@@H](O)C(O)C2O)ccc1O. The Morgan fingerprint density at radius 3 is 2.33 bits per heavy atom. The van der Waals surface area contributed by atoms with Crippen molar-refractivity contribution >= 4 is 23.0 Å². The van der Waals surface area contributed by atoms with Gasteiger partial charge in [-0.15, -0.1) is 0 Å². The number of aliphatic hydroxyl groups excluding tert-OH is 3. The van der Waals surface area contributed by atoms with Crippen LogP contribution >= 0.6 is 0 Å². The largest absolute Gasteiger partial charge is 0.508 e. The van der Waals surface area contributed by atoms with E-state index in [2.05, 4.69) is 0 Å². The fraction of sp³-hybridized carbons (Fsp3) is 0.226. The van der Waals surface area contributed by atoms with Crippen LogP contribution in [-0.4, -0.2) is 86.1 Å². The summed E-state index contributed by atoms with van der Waals surface area (Å²) in [5.41, 5.74) is -0.492. The molecule has 0 radical (unpaired) electrons. The van der Waals surface area contributed by atoms with Crippen LogP contribution in [0.15, 0.2) is 69.9 Å². The summed E-state index contributed by atoms with van der Waals surface area (Å²) in [6.45, 7) is -0.599. The average molecular weight is 625 g/mol. The highest BCUT2D eigenvalue weighted by Gasteiger charge is 2.46. The number of hydrogen-bond donors (Lipinski definition) is 7. The number of aliphatic hydroxyl groups is 3. The highest BCUT2D eigenvalue weighted by atomic mass is 16.7. The summed E-state index contributed by atoms with van der Waals surface area (Å²) in [4.78, 5) is 26.0. The monoisotopic (exact) mass is 624 g/mol. The van der Waals surface area contributed by atoms with Crippen molar-refractivity contribution in [3.05, 3.63) is 76.5 Å². The Balaban J connectivity index is 1.45. The third kappa shape index (κ3) is 6.49. The molecular formula is C31H28O14. The van der Waals surface area contributed by atoms with Gasteiger partial charge in [0.2, 0.25) is 17.5 Å². The van der Waals surface area contributed by atoms with E-state index in [1.54, 1.807) is 12.1 Å². The minimum Gasteiger partial charge on any atom is -0.508 e. The van der Waals surface area contributed by atoms with Gasteiger partial charge in [0.1, 0.15) is 59.2 Å². The van der Waals surface area contributed by atoms with Crippen molar-refractivity contribution in [3.8, 4) is 45.8 Å². The van der Waals surface area contributed by atoms with Crippen LogP contribution in [0.25, 0.3) is 28.4 Å². The summed E-state index contributed by atoms with van der Waals surface area (Å²) in [5, 5.41) is 71.2. The summed E-state index contributed by atoms with van der Waals surface area (Å²) in [5.74, 6) is -3.01. The van der Waals surface area contributed by atoms with Gasteiger partial charge in [-0.3, -0.25) is 4.79 Å². The van der Waals surface area contributed by atoms with Gasteiger partial charge in [0.15, 0.2) is 17.3 Å². The fourth-order valence-electron chi connectivity index (χ4n) is 4.61. The molecule has 0 saturated carbocycles. The maximum Gasteiger partial charge on any atom is 0.330 e. The lowest BCUT2D eigenvalue weighted by Gasteiger charge is -2.39. The number of carbonyl (C=O) groups is 1. The Hall–Kier alpha value is -5.28. The lowest BCUT2D eigenvalue weighted by Crippen LogP contribution is -2.60. The molecule has 1 aliphatic heterocycles. The van der Waals surface area contributed by atoms with Crippen LogP contribution in [-0.2, 0) is 14.3 Å². The van der Waals surface area contributed by atoms with Crippen LogP contribution in [0, 0.1) is 0 Å². The molecule has 1 fully saturated rings. The first-order valence-electron chi connectivity index (χ1n) is 13.4. The number of fused-ring (bicyclic) bond motifs is 1. The van der Waals surface area contributed by atoms with Gasteiger partial charge in [0.25, 0.3) is 0 Å². The van der Waals surface area contributed by atoms with Gasteiger partial charge in [-0.25, -0.2) is 4.79 Å². The zero-order valence-electron chi connectivity index (χ0n) is 23.4. The molecule has 1 saturated heterocycles. The minimum atomic E-state index is -1.92. The van der Waals surface area contributed by atoms with Gasteiger partial charge in [0.05, 0.1) is 7.11 Å². The van der Waals surface area contributed by atoms with E-state index in [-0.39, 0.29) is 34.2 Å². The second-order valence-electron chi connectivity index (χ2n) is 10.0. The molecule has 0 spiro atoms. The van der Waals surface area contributed by atoms with Gasteiger partial charge in [0, 0.05) is 23.8 Å². The minimum absolute atomic E-state index is 0.00575. The van der Waals surface area contributed by atoms with Gasteiger partial charge < -0.3 is 59.1 Å². The summed E-state index contributed by atoms with van der Waals surface area (Å²) in [6, 6.07) is 11.8. The highest BCUT2D eigenvalue weighted by Crippen LogP contribution is 2.39. The van der Waals surface area contributed by atoms with Crippen LogP contribution in [0.3, 0.4) is 0 Å². The average Bonchev–Trinajstić information content (AvgIpc) is 3.01. The molecule has 1 aromatic heterocycles. The third-order valence-corrected chi connectivity index (χ3v) is 6.96. The molecule has 14 nitrogen and oxygen atoms in total. The summed E-state index contributed by atoms with van der Waals surface area (Å²) in [6.07, 6.45) is -6.31. The maximum atomic E-state index is 13.7. The van der Waals surface area contributed by atoms with Crippen LogP contribution in [0.2, 0.25) is 0 Å². The zero-order chi connectivity index (χ0) is 32.4. The molecule has 4 aromatic rings. The van der Waals surface area contributed by atoms with Crippen LogP contribution in [0.5, 0.6) is 34.5 Å². The molecule has 0 bridgehead atoms. The number of phenolic OH excluding ortho intramolecular Hbond substituents is 4. The number of benzene rings is 3. The Bertz CT molecular complexity index is 1800. The van der Waals surface area contributed by atoms with E-state index in [0.29, 0.717) is 5.56 Å². The van der Waals surface area contributed by atoms with E-state index in [9.17, 15) is 45.3 Å². The number of aromatic hydroxyl groups is 4. The lowest BCUT2D eigenvalue weighted by molar-refractivity contribution is -0.278. The summed E-state index contributed by atoms with van der Waals surface area (Å²) in [7, 11) is 1.29. The first-order valence-corrected chi connectivity index (χ1v) is 13.4. The quantitative estimate of drug-likeness (QED) is 0.110. The van der Waals surface area contributed by atoms with Crippen molar-refractivity contribution < 1.29 is 63.9 Å². The molecule has 7 N–H and O–H groups in total. The lowest BCUT2D eigenvalue weighted by atomic mass is 9.99. The molecule has 0 aliphatic carbocycles. The van der Waals surface area contributed by atoms with Gasteiger partial charge in [-0.2, -0.15) is 0 Å². The van der Waals surface area contributed by atoms with Crippen molar-refractivity contribution in [2.24, 2.45) is 0 Å². The predicted octanol–water partition coefficient (Wildman–Crippen LogP) is 1.73. The smallest absolute Gasteiger partial charge is 0.330 e. The number of rotatable bonds is 8. The predicted molar refractivity (Wildman–Crippen MR) is 155 cm³/mol. The number of esters is 1. The Kier molecular flexibility index (Phi) is 8.83. The first-order chi connectivity index (χ1) is 21.5. The molecule has 0 amide bonds. The fourth-order valence-corrected chi connectivity index (χ4v) is 4.61. The Labute approximate surface area is 253 Å². The van der Waals surface area contributed by atoms with Crippen molar-refractivity contribution in [1.82, 2.24) is 0 Å². The molecule has 3 aromatic carbocycles. The summed E-state index contributed by atoms with van der Waals surface area (Å²) >= 11 is 0. The number of phenols is 4. The number of hydrogen-bond acceptors (Lipinski definition) is 14. The molecule has 236 valence electrons. The standard InChI is InChI=1S/C31H28O14/c1-41-20-10-15(5-8-18(20)34)29-30(26(38)24-19(35)11-17(33)12-21(24)43-29)45-31-28(40)27(39)25(37)22(44-31)13-42-23(36)9-4-14-2-6-16(32)7-3-14/h2-12,22,25,27-28,31-35,37,39-40H,13H2,1H3/b9-4+/t22-,25-,27?,28?,31+/m1/s1. The van der Waals surface area contributed by atoms with E-state index in [0.717, 1.165) is 18.2 Å². The topological polar surface area (TPSA) is 226 Å². The third-order valence-electron chi connectivity index (χ3n) is 6.96. The van der Waals surface area contributed by atoms with Gasteiger partial charge in [-0.1, -0.05) is 12.1 Å². The number of ether oxygens (including phenoxy) is 4. The van der Waals surface area contributed by atoms with Crippen molar-refractivity contribution in [1.29, 1.82) is 0 Å². The molecule has 5 atom stereocenters. The second kappa shape index (κ2) is 12.8. The van der Waals surface area contributed by atoms with E-state index in [1.165, 1.54) is 43.5 Å². The Morgan fingerprint density at radius 2 is 1.62 bits per heavy atom. The number of carbonyl (C=O) groups excluding carboxylic acids is 1. The second-order valence-corrected chi connectivity index (χ2v) is 10.0. The Morgan fingerprint density at radius 1 is 0.889 bits per heavy atom. The molecule has 5 rings (SSSR count). The van der Waals surface area contributed by atoms with E-state index >= 15 is 0 Å². The molecule has 14 heteroatoms. The van der Waals surface area contributed by atoms with Crippen molar-refractivity contribution in [2.75, 3.05) is 13.7 Å². The van der Waals surface area contributed by atoms with Gasteiger partial charge >= 0.3 is 5.97 Å². The maximum absolute atomic E-state index is 13.7. The van der Waals surface area contributed by atoms with Crippen LogP contribution < -0.4 is 14.9 Å². The van der Waals surface area contributed by atoms with E-state index in [4.69, 9.17) is 23.4 Å². The van der Waals surface area contributed by atoms with Crippen LogP contribution in [0.4, 0.5) is 0 Å². The molecule has 1 aliphatic rings. The zero-order valence-corrected chi connectivity index (χ0v) is 23.4. The molecule has 45 heavy (non-hydrogen) atoms. The molecule has 2 heterocycles. The van der Waals surface area contributed by atoms with Crippen LogP contribution in [0.1, 0.15) is 5.56 Å². The van der Waals surface area contributed by atoms with Crippen molar-refractivity contribution in [2.45, 2.75) is 30.7 Å². The van der Waals surface area contributed by atoms with Crippen molar-refractivity contribution in [3.63, 3.8) is 0 Å². The normalized spacial score (nSPS) is 21.6. The van der Waals surface area contributed by atoms with E-state index < -0.39 is 71.3 Å². The molecule has 2 unspecified atom stereocenters. The molecular weight excluding hydrogens is 596 g/mol. The van der Waals surface area contributed by atoms with Gasteiger partial charge in [-0.05, 0) is 42.0 Å². The first kappa shape index (κ1) is 31.2. The highest BCUT2D eigenvalue weighted by molar-refractivity contribution is 5.88.